The highest BCUT2D eigenvalue weighted by Gasteiger charge is 2.24. The van der Waals surface area contributed by atoms with Crippen LogP contribution in [0.3, 0.4) is 0 Å². The minimum atomic E-state index is -2.42. The molecule has 0 atom stereocenters. The molecule has 0 N–H and O–H groups in total. The number of benzene rings is 2. The van der Waals surface area contributed by atoms with Gasteiger partial charge in [0.05, 0.1) is 13.5 Å². The summed E-state index contributed by atoms with van der Waals surface area (Å²) in [6.07, 6.45) is 0. The Morgan fingerprint density at radius 2 is 1.93 bits per heavy atom. The first kappa shape index (κ1) is 10.9. The van der Waals surface area contributed by atoms with E-state index in [0.717, 1.165) is 0 Å². The monoisotopic (exact) mass is 362 g/mol. The first-order valence-corrected chi connectivity index (χ1v) is 8.57. The summed E-state index contributed by atoms with van der Waals surface area (Å²) in [6, 6.07) is 6.49. The Hall–Kier alpha value is -3.12. The van der Waals surface area contributed by atoms with Crippen LogP contribution in [0.2, 0.25) is 0 Å². The Morgan fingerprint density at radius 1 is 1.11 bits per heavy atom. The topological polar surface area (TPSA) is 21.4 Å². The van der Waals surface area contributed by atoms with Gasteiger partial charge < -0.3 is 4.42 Å². The van der Waals surface area contributed by atoms with Crippen LogP contribution in [-0.2, 0) is 7.05 Å². The number of hydrogen-bond donors (Lipinski definition) is 0. The fourth-order valence-corrected chi connectivity index (χ4v) is 3.59. The number of furan rings is 1. The predicted octanol–water partition coefficient (Wildman–Crippen LogP) is 6.17. The molecule has 0 fully saturated rings. The smallest absolute Gasteiger partial charge is 0.216 e. The number of nitrogens with zero attached hydrogens (tertiary/aromatic N) is 2. The summed E-state index contributed by atoms with van der Waals surface area (Å²) in [4.78, 5) is 3.44. The molecule has 0 aliphatic carbocycles. The molecule has 4 rings (SSSR count). The van der Waals surface area contributed by atoms with E-state index in [1.54, 1.807) is 56.7 Å². The van der Waals surface area contributed by atoms with Crippen molar-refractivity contribution in [2.45, 2.75) is 34.5 Å². The zero-order valence-corrected chi connectivity index (χ0v) is 15.6. The number of fused-ring (bicyclic) bond motifs is 3. The van der Waals surface area contributed by atoms with E-state index in [0.29, 0.717) is 55.7 Å². The molecular weight excluding hydrogens is 332 g/mol. The summed E-state index contributed by atoms with van der Waals surface area (Å²) in [6.45, 7) is 7.56. The highest BCUT2D eigenvalue weighted by atomic mass is 16.3. The molecule has 4 aromatic rings. The molecule has 0 bridgehead atoms. The number of hydrogen-bond acceptors (Lipinski definition) is 1. The van der Waals surface area contributed by atoms with Gasteiger partial charge in [0.2, 0.25) is 5.69 Å². The van der Waals surface area contributed by atoms with Gasteiger partial charge in [0.15, 0.2) is 11.4 Å². The van der Waals surface area contributed by atoms with Crippen molar-refractivity contribution in [3.63, 3.8) is 0 Å². The first-order valence-electron chi connectivity index (χ1n) is 12.1. The molecule has 0 radical (unpaired) electrons. The van der Waals surface area contributed by atoms with E-state index in [9.17, 15) is 0 Å². The average Bonchev–Trinajstić information content (AvgIpc) is 3.10. The van der Waals surface area contributed by atoms with Crippen LogP contribution >= 0.6 is 0 Å². The number of pyridine rings is 1. The summed E-state index contributed by atoms with van der Waals surface area (Å²) in [5, 5.41) is 0.971. The van der Waals surface area contributed by atoms with E-state index >= 15 is 0 Å². The van der Waals surface area contributed by atoms with Crippen LogP contribution < -0.4 is 4.57 Å². The van der Waals surface area contributed by atoms with E-state index in [-0.39, 0.29) is 17.2 Å². The van der Waals surface area contributed by atoms with Gasteiger partial charge in [-0.1, -0.05) is 18.2 Å². The summed E-state index contributed by atoms with van der Waals surface area (Å²) in [7, 11) is 1.69. The van der Waals surface area contributed by atoms with E-state index in [1.807, 2.05) is 0 Å². The Morgan fingerprint density at radius 3 is 2.63 bits per heavy atom. The molecular formula is C24H23N2O+. The van der Waals surface area contributed by atoms with Crippen molar-refractivity contribution < 1.29 is 18.6 Å². The van der Waals surface area contributed by atoms with Gasteiger partial charge >= 0.3 is 0 Å². The quantitative estimate of drug-likeness (QED) is 0.293. The van der Waals surface area contributed by atoms with E-state index in [2.05, 4.69) is 4.85 Å². The standard InChI is InChI=1S/C24H23N2O/c1-13-11-20(26(7)17(5)16(13)4)23-15(3)10-14(2)22-19-9-8-18(25-6)12-21(19)27-24(22)23/h8-12H,1-5,7H3/q+1/i2D3,4D3,11D. The van der Waals surface area contributed by atoms with Gasteiger partial charge in [-0.25, -0.2) is 4.85 Å². The first-order chi connectivity index (χ1) is 15.7. The number of aryl methyl sites for hydroxylation is 2. The van der Waals surface area contributed by atoms with Crippen LogP contribution in [-0.4, -0.2) is 0 Å². The molecule has 3 heteroatoms. The zero-order chi connectivity index (χ0) is 25.3. The highest BCUT2D eigenvalue weighted by molar-refractivity contribution is 6.12. The molecule has 2 heterocycles. The third kappa shape index (κ3) is 2.44. The lowest BCUT2D eigenvalue weighted by atomic mass is 9.95. The molecule has 0 saturated carbocycles. The molecule has 0 saturated heterocycles. The molecule has 2 aromatic carbocycles. The molecule has 3 nitrogen and oxygen atoms in total. The molecule has 134 valence electrons. The minimum absolute atomic E-state index is 0.0348. The Balaban J connectivity index is 2.24. The summed E-state index contributed by atoms with van der Waals surface area (Å²) >= 11 is 0. The SMILES string of the molecule is [2H]c1c(C)c(C([2H])([2H])[2H])c(C)[n+](C)c1-c1c(C)cc(C([2H])([2H])[2H])c2c1oc1cc([N+]#[C-])ccc12. The number of rotatable bonds is 1. The second kappa shape index (κ2) is 5.96. The van der Waals surface area contributed by atoms with Crippen LogP contribution in [0.5, 0.6) is 0 Å². The van der Waals surface area contributed by atoms with Gasteiger partial charge in [-0.15, -0.1) is 0 Å². The summed E-state index contributed by atoms with van der Waals surface area (Å²) in [5.74, 6) is 0. The van der Waals surface area contributed by atoms with Gasteiger partial charge in [-0.2, -0.15) is 4.57 Å². The van der Waals surface area contributed by atoms with Crippen molar-refractivity contribution in [3.8, 4) is 11.3 Å². The molecule has 0 amide bonds. The van der Waals surface area contributed by atoms with E-state index < -0.39 is 13.7 Å². The third-order valence-electron chi connectivity index (χ3n) is 5.17. The Bertz CT molecular complexity index is 1510. The van der Waals surface area contributed by atoms with E-state index in [4.69, 9.17) is 20.6 Å². The maximum absolute atomic E-state index is 8.87. The van der Waals surface area contributed by atoms with Gasteiger partial charge in [0.25, 0.3) is 0 Å². The molecule has 0 spiro atoms. The van der Waals surface area contributed by atoms with Gasteiger partial charge in [-0.05, 0) is 50.3 Å². The molecule has 0 aliphatic heterocycles. The number of aromatic nitrogens is 1. The van der Waals surface area contributed by atoms with Gasteiger partial charge in [0, 0.05) is 37.5 Å². The zero-order valence-electron chi connectivity index (χ0n) is 22.6. The summed E-state index contributed by atoms with van der Waals surface area (Å²) in [5.41, 5.74) is 3.67. The fraction of sp³-hybridized carbons (Fsp3) is 0.250. The molecule has 27 heavy (non-hydrogen) atoms. The molecule has 0 unspecified atom stereocenters. The van der Waals surface area contributed by atoms with Crippen LogP contribution in [0.4, 0.5) is 5.69 Å². The van der Waals surface area contributed by atoms with Crippen LogP contribution in [0.15, 0.2) is 34.7 Å². The Labute approximate surface area is 169 Å². The van der Waals surface area contributed by atoms with Crippen molar-refractivity contribution >= 4 is 27.6 Å². The van der Waals surface area contributed by atoms with Gasteiger partial charge in [0.1, 0.15) is 18.2 Å². The lowest BCUT2D eigenvalue weighted by Gasteiger charge is -2.11. The fourth-order valence-electron chi connectivity index (χ4n) is 3.59. The maximum Gasteiger partial charge on any atom is 0.216 e. The lowest BCUT2D eigenvalue weighted by Crippen LogP contribution is -2.36. The predicted molar refractivity (Wildman–Crippen MR) is 110 cm³/mol. The van der Waals surface area contributed by atoms with Crippen molar-refractivity contribution in [3.05, 3.63) is 69.7 Å². The highest BCUT2D eigenvalue weighted by Crippen LogP contribution is 2.40. The average molecular weight is 363 g/mol. The van der Waals surface area contributed by atoms with Crippen molar-refractivity contribution in [1.29, 1.82) is 0 Å². The molecule has 2 aromatic heterocycles. The van der Waals surface area contributed by atoms with Gasteiger partial charge in [-0.3, -0.25) is 0 Å². The largest absolute Gasteiger partial charge is 0.456 e. The maximum atomic E-state index is 8.87. The van der Waals surface area contributed by atoms with Crippen LogP contribution in [0, 0.1) is 41.0 Å². The molecule has 0 aliphatic rings. The second-order valence-corrected chi connectivity index (χ2v) is 6.83. The minimum Gasteiger partial charge on any atom is -0.456 e. The van der Waals surface area contributed by atoms with Crippen molar-refractivity contribution in [2.24, 2.45) is 7.05 Å². The third-order valence-corrected chi connectivity index (χ3v) is 5.17. The Kier molecular flexibility index (Phi) is 2.40. The van der Waals surface area contributed by atoms with Crippen LogP contribution in [0.1, 0.15) is 37.5 Å². The summed E-state index contributed by atoms with van der Waals surface area (Å²) < 4.78 is 64.8. The van der Waals surface area contributed by atoms with E-state index in [1.165, 1.54) is 0 Å². The normalized spacial score (nSPS) is 16.0. The second-order valence-electron chi connectivity index (χ2n) is 6.83. The van der Waals surface area contributed by atoms with Crippen molar-refractivity contribution in [2.75, 3.05) is 0 Å². The van der Waals surface area contributed by atoms with Crippen molar-refractivity contribution in [1.82, 2.24) is 0 Å². The lowest BCUT2D eigenvalue weighted by molar-refractivity contribution is -0.667. The van der Waals surface area contributed by atoms with Crippen LogP contribution in [0.25, 0.3) is 38.0 Å².